The Bertz CT molecular complexity index is 2450. The molecule has 4 aromatic rings. The molecule has 0 aliphatic heterocycles. The van der Waals surface area contributed by atoms with Gasteiger partial charge in [-0.05, 0) is 89.6 Å². The SMILES string of the molecule is C=C(O)/C=C(O)\C=C/C1CC(C)=CC(c2c(O)cc3oc(-c4ccc(O)cc4O)c(CC=C(C)C)c(=O)c3c2O)C1C(=O)c1cc(CC=C(C)C)c(O)cc1O. The predicted molar refractivity (Wildman–Crippen MR) is 215 cm³/mol. The van der Waals surface area contributed by atoms with Gasteiger partial charge in [-0.15, -0.1) is 0 Å². The Balaban J connectivity index is 1.79. The molecule has 3 aromatic carbocycles. The van der Waals surface area contributed by atoms with E-state index in [0.717, 1.165) is 41.0 Å². The van der Waals surface area contributed by atoms with E-state index >= 15 is 0 Å². The average Bonchev–Trinajstić information content (AvgIpc) is 3.09. The van der Waals surface area contributed by atoms with E-state index in [0.29, 0.717) is 5.56 Å². The van der Waals surface area contributed by atoms with E-state index in [1.807, 2.05) is 33.8 Å². The van der Waals surface area contributed by atoms with Gasteiger partial charge in [0.15, 0.2) is 5.78 Å². The lowest BCUT2D eigenvalue weighted by atomic mass is 9.67. The van der Waals surface area contributed by atoms with Gasteiger partial charge >= 0.3 is 0 Å². The molecule has 0 bridgehead atoms. The van der Waals surface area contributed by atoms with Crippen molar-refractivity contribution in [3.63, 3.8) is 0 Å². The van der Waals surface area contributed by atoms with Crippen molar-refractivity contribution in [2.45, 2.75) is 59.8 Å². The number of aliphatic hydroxyl groups is 2. The zero-order chi connectivity index (χ0) is 41.2. The summed E-state index contributed by atoms with van der Waals surface area (Å²) in [5, 5.41) is 85.9. The number of aromatic hydroxyl groups is 6. The van der Waals surface area contributed by atoms with Crippen molar-refractivity contribution in [2.24, 2.45) is 11.8 Å². The van der Waals surface area contributed by atoms with Gasteiger partial charge in [-0.1, -0.05) is 47.6 Å². The molecule has 1 aromatic heterocycles. The van der Waals surface area contributed by atoms with Gasteiger partial charge in [0.05, 0.1) is 11.1 Å². The number of phenols is 6. The fourth-order valence-electron chi connectivity index (χ4n) is 7.09. The number of aliphatic hydroxyl groups excluding tert-OH is 2. The van der Waals surface area contributed by atoms with Crippen molar-refractivity contribution in [3.8, 4) is 45.8 Å². The summed E-state index contributed by atoms with van der Waals surface area (Å²) in [6.07, 6.45) is 9.70. The molecule has 292 valence electrons. The monoisotopic (exact) mass is 762 g/mol. The molecule has 8 N–H and O–H groups in total. The summed E-state index contributed by atoms with van der Waals surface area (Å²) in [6, 6.07) is 7.41. The van der Waals surface area contributed by atoms with Gasteiger partial charge in [-0.25, -0.2) is 0 Å². The molecule has 56 heavy (non-hydrogen) atoms. The van der Waals surface area contributed by atoms with Gasteiger partial charge in [0.25, 0.3) is 0 Å². The first-order valence-electron chi connectivity index (χ1n) is 17.9. The maximum absolute atomic E-state index is 14.8. The summed E-state index contributed by atoms with van der Waals surface area (Å²) >= 11 is 0. The number of hydrogen-bond donors (Lipinski definition) is 8. The lowest BCUT2D eigenvalue weighted by Crippen LogP contribution is -2.32. The Kier molecular flexibility index (Phi) is 11.9. The molecule has 0 saturated carbocycles. The highest BCUT2D eigenvalue weighted by molar-refractivity contribution is 6.02. The van der Waals surface area contributed by atoms with Crippen LogP contribution in [0.4, 0.5) is 0 Å². The molecule has 0 amide bonds. The second-order valence-corrected chi connectivity index (χ2v) is 14.7. The molecule has 0 radical (unpaired) electrons. The molecule has 1 heterocycles. The van der Waals surface area contributed by atoms with Crippen LogP contribution < -0.4 is 5.43 Å². The van der Waals surface area contributed by atoms with Crippen LogP contribution >= 0.6 is 0 Å². The van der Waals surface area contributed by atoms with Crippen molar-refractivity contribution in [1.29, 1.82) is 0 Å². The molecule has 11 heteroatoms. The summed E-state index contributed by atoms with van der Waals surface area (Å²) in [5.41, 5.74) is 1.92. The van der Waals surface area contributed by atoms with E-state index in [1.54, 1.807) is 25.2 Å². The number of carbonyl (C=O) groups excluding carboxylic acids is 1. The van der Waals surface area contributed by atoms with Crippen molar-refractivity contribution >= 4 is 16.8 Å². The van der Waals surface area contributed by atoms with E-state index in [2.05, 4.69) is 6.58 Å². The number of Topliss-reactive ketones (excluding diaryl/α,β-unsaturated/α-hetero) is 1. The number of benzene rings is 3. The number of carbonyl (C=O) groups is 1. The van der Waals surface area contributed by atoms with Gasteiger partial charge in [0.2, 0.25) is 5.43 Å². The minimum atomic E-state index is -1.17. The number of phenolic OH excluding ortho intramolecular Hbond substituents is 6. The molecular formula is C45H46O11. The van der Waals surface area contributed by atoms with E-state index in [1.165, 1.54) is 24.3 Å². The summed E-state index contributed by atoms with van der Waals surface area (Å²) in [6.45, 7) is 12.6. The largest absolute Gasteiger partial charge is 0.508 e. The molecule has 0 saturated heterocycles. The zero-order valence-corrected chi connectivity index (χ0v) is 31.8. The highest BCUT2D eigenvalue weighted by Crippen LogP contribution is 2.51. The first-order chi connectivity index (χ1) is 26.4. The number of rotatable bonds is 11. The summed E-state index contributed by atoms with van der Waals surface area (Å²) in [7, 11) is 0. The molecule has 0 spiro atoms. The van der Waals surface area contributed by atoms with Crippen LogP contribution in [0.25, 0.3) is 22.3 Å². The zero-order valence-electron chi connectivity index (χ0n) is 31.8. The molecule has 11 nitrogen and oxygen atoms in total. The Morgan fingerprint density at radius 1 is 0.875 bits per heavy atom. The Labute approximate surface area is 323 Å². The third-order valence-corrected chi connectivity index (χ3v) is 9.74. The first-order valence-corrected chi connectivity index (χ1v) is 17.9. The highest BCUT2D eigenvalue weighted by atomic mass is 16.3. The van der Waals surface area contributed by atoms with Gasteiger partial charge in [-0.3, -0.25) is 9.59 Å². The van der Waals surface area contributed by atoms with Crippen LogP contribution in [0.1, 0.15) is 74.0 Å². The second-order valence-electron chi connectivity index (χ2n) is 14.7. The van der Waals surface area contributed by atoms with Crippen LogP contribution in [-0.2, 0) is 12.8 Å². The van der Waals surface area contributed by atoms with Gasteiger partial charge in [0.1, 0.15) is 62.7 Å². The van der Waals surface area contributed by atoms with E-state index in [4.69, 9.17) is 4.42 Å². The molecule has 3 atom stereocenters. The molecular weight excluding hydrogens is 716 g/mol. The minimum Gasteiger partial charge on any atom is -0.508 e. The van der Waals surface area contributed by atoms with E-state index < -0.39 is 52.0 Å². The highest BCUT2D eigenvalue weighted by Gasteiger charge is 2.41. The normalized spacial score (nSPS) is 17.1. The van der Waals surface area contributed by atoms with Gasteiger partial charge < -0.3 is 45.3 Å². The van der Waals surface area contributed by atoms with E-state index in [-0.39, 0.29) is 81.3 Å². The Hall–Kier alpha value is -6.62. The standard InChI is InChI=1S/C45H46O11/c1-22(2)7-9-26-18-32(36(51)20-34(26)49)43(54)39-27(10-11-28(47)17-25(6)46)15-24(5)16-33(39)40-37(52)21-38-41(44(40)55)42(53)31(13-8-23(3)4)45(56-38)30-14-12-29(48)19-35(30)50/h7-8,10-12,14,16-21,27,33,39,46-52,55H,6,9,13,15H2,1-5H3/b11-10-,28-17+. The molecule has 1 aliphatic rings. The summed E-state index contributed by atoms with van der Waals surface area (Å²) in [4.78, 5) is 29.3. The molecule has 5 rings (SSSR count). The van der Waals surface area contributed by atoms with Crippen molar-refractivity contribution < 1.29 is 50.1 Å². The maximum atomic E-state index is 14.8. The minimum absolute atomic E-state index is 0.0365. The first kappa shape index (κ1) is 40.6. The van der Waals surface area contributed by atoms with Crippen molar-refractivity contribution in [3.05, 3.63) is 140 Å². The van der Waals surface area contributed by atoms with Crippen LogP contribution in [0, 0.1) is 11.8 Å². The topological polar surface area (TPSA) is 209 Å². The molecule has 0 fully saturated rings. The average molecular weight is 763 g/mol. The summed E-state index contributed by atoms with van der Waals surface area (Å²) < 4.78 is 6.17. The van der Waals surface area contributed by atoms with Crippen LogP contribution in [-0.4, -0.2) is 46.6 Å². The third-order valence-electron chi connectivity index (χ3n) is 9.74. The van der Waals surface area contributed by atoms with Crippen LogP contribution in [0.5, 0.6) is 34.5 Å². The predicted octanol–water partition coefficient (Wildman–Crippen LogP) is 9.33. The second kappa shape index (κ2) is 16.4. The lowest BCUT2D eigenvalue weighted by Gasteiger charge is -2.35. The summed E-state index contributed by atoms with van der Waals surface area (Å²) in [5.74, 6) is -6.95. The quantitative estimate of drug-likeness (QED) is 0.0312. The number of ketones is 1. The maximum Gasteiger partial charge on any atom is 0.200 e. The Morgan fingerprint density at radius 2 is 1.55 bits per heavy atom. The number of fused-ring (bicyclic) bond motifs is 1. The smallest absolute Gasteiger partial charge is 0.200 e. The molecule has 1 aliphatic carbocycles. The number of hydrogen-bond acceptors (Lipinski definition) is 11. The van der Waals surface area contributed by atoms with Crippen LogP contribution in [0.3, 0.4) is 0 Å². The third kappa shape index (κ3) is 8.52. The van der Waals surface area contributed by atoms with Crippen molar-refractivity contribution in [2.75, 3.05) is 0 Å². The van der Waals surface area contributed by atoms with Crippen LogP contribution in [0.2, 0.25) is 0 Å². The fraction of sp³-hybridized carbons (Fsp3) is 0.244. The fourth-order valence-corrected chi connectivity index (χ4v) is 7.09. The molecule has 3 unspecified atom stereocenters. The van der Waals surface area contributed by atoms with Gasteiger partial charge in [0, 0.05) is 47.2 Å². The van der Waals surface area contributed by atoms with Gasteiger partial charge in [-0.2, -0.15) is 0 Å². The number of allylic oxidation sites excluding steroid dienone is 9. The van der Waals surface area contributed by atoms with E-state index in [9.17, 15) is 50.4 Å². The van der Waals surface area contributed by atoms with Crippen LogP contribution in [0.15, 0.2) is 117 Å². The van der Waals surface area contributed by atoms with Crippen molar-refractivity contribution in [1.82, 2.24) is 0 Å². The Morgan fingerprint density at radius 3 is 2.20 bits per heavy atom. The lowest BCUT2D eigenvalue weighted by molar-refractivity contribution is 0.0865.